The lowest BCUT2D eigenvalue weighted by Crippen LogP contribution is -2.67. The largest absolute Gasteiger partial charge is 0.438 e. The second-order valence-electron chi connectivity index (χ2n) is 57.9. The Morgan fingerprint density at radius 2 is 0.542 bits per heavy atom. The molecule has 28 aliphatic rings. The number of hydrogen-bond acceptors (Lipinski definition) is 24. The third-order valence-electron chi connectivity index (χ3n) is 51.2. The van der Waals surface area contributed by atoms with Gasteiger partial charge in [0.2, 0.25) is 17.4 Å². The van der Waals surface area contributed by atoms with Crippen LogP contribution in [0.15, 0.2) is 0 Å². The van der Waals surface area contributed by atoms with Crippen LogP contribution in [0.5, 0.6) is 0 Å². The van der Waals surface area contributed by atoms with Crippen LogP contribution in [-0.4, -0.2) is 174 Å². The maximum absolute atomic E-state index is 16.4. The molecule has 0 aromatic carbocycles. The number of rotatable bonds is 27. The Morgan fingerprint density at radius 3 is 0.789 bits per heavy atom. The molecule has 28 aliphatic carbocycles. The Morgan fingerprint density at radius 1 is 0.296 bits per heavy atom. The van der Waals surface area contributed by atoms with Crippen molar-refractivity contribution < 1.29 is 117 Å². The van der Waals surface area contributed by atoms with Crippen LogP contribution in [0.3, 0.4) is 0 Å². The van der Waals surface area contributed by atoms with Crippen molar-refractivity contribution in [3.05, 3.63) is 0 Å². The van der Waals surface area contributed by atoms with Gasteiger partial charge in [0.1, 0.15) is 0 Å². The average molecular weight is 1980 g/mol. The summed E-state index contributed by atoms with van der Waals surface area (Å²) in [6.07, 6.45) is 27.2. The molecule has 142 heavy (non-hydrogen) atoms. The van der Waals surface area contributed by atoms with Crippen LogP contribution in [0.2, 0.25) is 0 Å². The summed E-state index contributed by atoms with van der Waals surface area (Å²) in [7, 11) is 0. The molecule has 0 saturated heterocycles. The molecule has 0 radical (unpaired) electrons. The third-order valence-corrected chi connectivity index (χ3v) is 51.2. The minimum Gasteiger partial charge on any atom is -0.438 e. The van der Waals surface area contributed by atoms with E-state index in [0.717, 1.165) is 74.0 Å². The zero-order valence-corrected chi connectivity index (χ0v) is 87.3. The lowest BCUT2D eigenvalue weighted by Gasteiger charge is -2.65. The molecule has 0 spiro atoms. The molecule has 794 valence electrons. The van der Waals surface area contributed by atoms with Crippen molar-refractivity contribution in [3.63, 3.8) is 0 Å². The van der Waals surface area contributed by atoms with E-state index in [1.54, 1.807) is 0 Å². The Hall–Kier alpha value is -3.66. The van der Waals surface area contributed by atoms with E-state index in [1.165, 1.54) is 96.3 Å². The minimum atomic E-state index is -2.02. The second-order valence-corrected chi connectivity index (χ2v) is 57.9. The lowest BCUT2D eigenvalue weighted by atomic mass is 9.39. The van der Waals surface area contributed by atoms with E-state index >= 15 is 14.4 Å². The van der Waals surface area contributed by atoms with E-state index in [9.17, 15) is 60.3 Å². The highest BCUT2D eigenvalue weighted by atomic mass is 16.7. The number of esters is 6. The number of carbonyl (C=O) groups is 6. The van der Waals surface area contributed by atoms with Crippen LogP contribution in [0.25, 0.3) is 0 Å². The van der Waals surface area contributed by atoms with Crippen LogP contribution in [-0.2, 0) is 71.4 Å². The molecule has 0 aromatic heterocycles. The molecule has 16 bridgehead atoms. The van der Waals surface area contributed by atoms with E-state index in [-0.39, 0.29) is 259 Å². The summed E-state index contributed by atoms with van der Waals surface area (Å²) in [4.78, 5) is 89.5. The van der Waals surface area contributed by atoms with E-state index < -0.39 is 127 Å². The first-order valence-electron chi connectivity index (χ1n) is 58.7. The normalized spacial score (nSPS) is 55.2. The zero-order chi connectivity index (χ0) is 99.0. The molecule has 9 unspecified atom stereocenters. The van der Waals surface area contributed by atoms with Crippen LogP contribution < -0.4 is 0 Å². The lowest BCUT2D eigenvalue weighted by molar-refractivity contribution is -0.288. The van der Waals surface area contributed by atoms with Gasteiger partial charge in [-0.1, -0.05) is 62.3 Å². The van der Waals surface area contributed by atoms with Crippen molar-refractivity contribution in [1.82, 2.24) is 0 Å². The molecule has 0 heterocycles. The van der Waals surface area contributed by atoms with Gasteiger partial charge in [0.15, 0.2) is 20.4 Å². The van der Waals surface area contributed by atoms with Gasteiger partial charge in [0.25, 0.3) is 0 Å². The summed E-state index contributed by atoms with van der Waals surface area (Å²) in [6, 6.07) is 0. The van der Waals surface area contributed by atoms with Crippen molar-refractivity contribution in [2.45, 2.75) is 443 Å². The summed E-state index contributed by atoms with van der Waals surface area (Å²) in [5, 5.41) is 117. The van der Waals surface area contributed by atoms with Gasteiger partial charge in [-0.25, -0.2) is 0 Å². The van der Waals surface area contributed by atoms with Gasteiger partial charge < -0.3 is 88.6 Å². The van der Waals surface area contributed by atoms with E-state index in [4.69, 9.17) is 42.6 Å². The number of aliphatic hydroxyl groups excluding tert-OH is 6. The van der Waals surface area contributed by atoms with Crippen molar-refractivity contribution in [2.75, 3.05) is 20.4 Å². The monoisotopic (exact) mass is 1980 g/mol. The molecule has 0 aromatic rings. The highest BCUT2D eigenvalue weighted by molar-refractivity contribution is 5.88. The standard InChI is InChI=1S/C118H178O24/c1-61(10-19-95(125)134-58-137-101-71-31-64-28-65(33-71)34-72(101)32-64)80-13-16-83-98-86(46-92(122)110(80,83)7)107(4)22-25-116(131,52-77(107)43-89(98)119)140-104(128)113-49-70-50-114(55-113,105(129)141-117(132)26-23-108(5)78(53-117)44-90(120)99-84-17-14-81(111(84,8)93(123)47-87(99)108)62(2)11-20-96(126)135-59-138-102-73-35-66-29-67(37-73)38-74(102)36-66)57-115(51-70,56-113)106(130)142-118(133)27-24-109(6)79(54-118)45-91(121)100-85-18-15-82(112(85,9)94(124)48-88(100)109)63(3)12-21-97(127)136-60-139-103-75-39-68-30-69(41-75)42-76(103)40-68/h61-94,98-103,119-124,131-133H,10-60H2,1-9H3/t61-,62-,63-,64?,65?,66?,67?,68?,69?,70?,71?,72?,73?,74?,75?,76?,77-,78-,79-,80-,81-,82-,83?,84?,85?,86?,87?,88?,89-,90-,91-,92+,93+,94+,98?,99?,100?,101?,102?,103?,107+,108+,109+,110-,111-,112-,113?,114?,115?,116-,117-,118-/m1/s1. The Balaban J connectivity index is 0.442. The Bertz CT molecular complexity index is 4220. The Kier molecular flexibility index (Phi) is 25.4. The highest BCUT2D eigenvalue weighted by Gasteiger charge is 2.77. The number of aliphatic hydroxyl groups is 9. The van der Waals surface area contributed by atoms with E-state index in [0.29, 0.717) is 113 Å². The molecule has 28 fully saturated rings. The van der Waals surface area contributed by atoms with Crippen LogP contribution >= 0.6 is 0 Å². The zero-order valence-electron chi connectivity index (χ0n) is 87.3. The molecule has 28 rings (SSSR count). The second kappa shape index (κ2) is 36.0. The molecule has 0 aliphatic heterocycles. The summed E-state index contributed by atoms with van der Waals surface area (Å²) in [5.41, 5.74) is -7.62. The minimum absolute atomic E-state index is 0.00565. The number of hydrogen-bond donors (Lipinski definition) is 9. The predicted octanol–water partition coefficient (Wildman–Crippen LogP) is 17.7. The Labute approximate surface area is 843 Å². The summed E-state index contributed by atoms with van der Waals surface area (Å²) >= 11 is 0. The quantitative estimate of drug-likeness (QED) is 0.0209. The third kappa shape index (κ3) is 16.2. The van der Waals surface area contributed by atoms with E-state index in [2.05, 4.69) is 62.3 Å². The number of fused-ring (bicyclic) bond motifs is 15. The van der Waals surface area contributed by atoms with Gasteiger partial charge in [0, 0.05) is 57.8 Å². The maximum Gasteiger partial charge on any atom is 0.314 e. The van der Waals surface area contributed by atoms with Crippen molar-refractivity contribution in [2.24, 2.45) is 232 Å². The summed E-state index contributed by atoms with van der Waals surface area (Å²) in [6.45, 7) is 20.0. The first-order valence-corrected chi connectivity index (χ1v) is 58.7. The van der Waals surface area contributed by atoms with Crippen LogP contribution in [0.4, 0.5) is 0 Å². The SMILES string of the molecule is C[C@H](CCC(=O)OCOC1C2CC3CC(C2)CC1C3)[C@H]1CCC2C3C(C[C@H](O)[C@@]21C)[C@@]1(C)CC[C@@](O)(OC(=O)C24CC5CC(C(=O)O[C@]6(O)CC[C@]7(C)C8C[C@H](O)[C@@]9(C)C(CC[C@@H]9[C@H](C)CCC(=O)OCOC9C%10CC%11CC(C%10)CC9C%11)C8[C@H](O)C[C@@H]7C6)(C2)CC(C(=O)O[C@]2(O)CC[C@]6(C)C7C[C@H](O)[C@@]8(C)C(CC[C@@H]8[C@H](C)CCC(=O)OCOC8C9CC%10CC(C9)CC8C%10)C7[C@H](O)C[C@@H]6C2)(C5)C4)C[C@H]1C[C@H]3O. The first kappa shape index (κ1) is 100. The molecule has 28 saturated carbocycles. The van der Waals surface area contributed by atoms with Gasteiger partial charge >= 0.3 is 35.8 Å². The number of carbonyl (C=O) groups excluding carboxylic acids is 6. The van der Waals surface area contributed by atoms with Gasteiger partial charge in [-0.2, -0.15) is 0 Å². The fraction of sp³-hybridized carbons (Fsp3) is 0.949. The van der Waals surface area contributed by atoms with Gasteiger partial charge in [-0.05, 0) is 466 Å². The summed E-state index contributed by atoms with van der Waals surface area (Å²) < 4.78 is 56.7. The fourth-order valence-electron chi connectivity index (χ4n) is 45.4. The molecule has 0 amide bonds. The predicted molar refractivity (Wildman–Crippen MR) is 519 cm³/mol. The van der Waals surface area contributed by atoms with Gasteiger partial charge in [-0.15, -0.1) is 0 Å². The molecular formula is C118H178O24. The fourth-order valence-corrected chi connectivity index (χ4v) is 45.4. The van der Waals surface area contributed by atoms with Gasteiger partial charge in [0.05, 0.1) is 71.2 Å². The molecule has 9 N–H and O–H groups in total. The van der Waals surface area contributed by atoms with Gasteiger partial charge in [-0.3, -0.25) is 28.8 Å². The first-order chi connectivity index (χ1) is 67.5. The molecule has 24 heteroatoms. The van der Waals surface area contributed by atoms with E-state index in [1.807, 2.05) is 0 Å². The van der Waals surface area contributed by atoms with Crippen LogP contribution in [0, 0.1) is 232 Å². The smallest absolute Gasteiger partial charge is 0.314 e. The maximum atomic E-state index is 16.4. The van der Waals surface area contributed by atoms with Crippen molar-refractivity contribution in [1.29, 1.82) is 0 Å². The number of ether oxygens (including phenoxy) is 9. The van der Waals surface area contributed by atoms with Crippen molar-refractivity contribution in [3.8, 4) is 0 Å². The molecule has 24 nitrogen and oxygen atoms in total. The van der Waals surface area contributed by atoms with Crippen LogP contribution in [0.1, 0.15) is 371 Å². The average Bonchev–Trinajstić information content (AvgIpc) is 1.13. The molecule has 33 atom stereocenters. The topological polar surface area (TPSA) is 368 Å². The highest BCUT2D eigenvalue weighted by Crippen LogP contribution is 2.77. The summed E-state index contributed by atoms with van der Waals surface area (Å²) in [5.74, 6) is -2.13. The van der Waals surface area contributed by atoms with Crippen molar-refractivity contribution >= 4 is 35.8 Å². The molecular weight excluding hydrogens is 1800 g/mol.